The molecule has 0 amide bonds. The molecule has 6 nitrogen and oxygen atoms in total. The molecule has 2 rings (SSSR count). The van der Waals surface area contributed by atoms with Gasteiger partial charge in [0.15, 0.2) is 0 Å². The summed E-state index contributed by atoms with van der Waals surface area (Å²) in [4.78, 5) is 32.3. The first-order chi connectivity index (χ1) is 9.13. The van der Waals surface area contributed by atoms with Gasteiger partial charge in [0, 0.05) is 25.6 Å². The molecule has 0 spiro atoms. The van der Waals surface area contributed by atoms with Gasteiger partial charge in [0.2, 0.25) is 0 Å². The van der Waals surface area contributed by atoms with Crippen LogP contribution in [0, 0.1) is 5.92 Å². The molecule has 0 aliphatic carbocycles. The van der Waals surface area contributed by atoms with Crippen molar-refractivity contribution in [3.05, 3.63) is 22.2 Å². The smallest absolute Gasteiger partial charge is 0.310 e. The molecule has 0 saturated carbocycles. The highest BCUT2D eigenvalue weighted by molar-refractivity contribution is 5.73. The number of aromatic amines is 1. The second-order valence-electron chi connectivity index (χ2n) is 4.71. The summed E-state index contributed by atoms with van der Waals surface area (Å²) < 4.78 is 4.79. The summed E-state index contributed by atoms with van der Waals surface area (Å²) in [5, 5.41) is 0. The molecule has 19 heavy (non-hydrogen) atoms. The molecule has 0 radical (unpaired) electrons. The van der Waals surface area contributed by atoms with Gasteiger partial charge >= 0.3 is 5.97 Å². The number of ether oxygens (including phenoxy) is 1. The largest absolute Gasteiger partial charge is 0.469 e. The lowest BCUT2D eigenvalue weighted by atomic mass is 9.98. The van der Waals surface area contributed by atoms with Crippen LogP contribution in [-0.4, -0.2) is 36.1 Å². The molecular weight excluding hydrogens is 246 g/mol. The maximum absolute atomic E-state index is 11.6. The van der Waals surface area contributed by atoms with Crippen LogP contribution in [0.5, 0.6) is 0 Å². The lowest BCUT2D eigenvalue weighted by Crippen LogP contribution is -2.40. The van der Waals surface area contributed by atoms with Gasteiger partial charge in [-0.3, -0.25) is 9.59 Å². The third-order valence-corrected chi connectivity index (χ3v) is 3.39. The van der Waals surface area contributed by atoms with Crippen molar-refractivity contribution in [2.24, 2.45) is 5.92 Å². The zero-order chi connectivity index (χ0) is 13.8. The molecule has 1 aliphatic heterocycles. The fraction of sp³-hybridized carbons (Fsp3) is 0.615. The number of hydrogen-bond acceptors (Lipinski definition) is 5. The molecule has 1 aromatic heterocycles. The van der Waals surface area contributed by atoms with Crippen molar-refractivity contribution in [1.82, 2.24) is 9.97 Å². The average molecular weight is 265 g/mol. The van der Waals surface area contributed by atoms with Crippen LogP contribution in [-0.2, 0) is 16.0 Å². The van der Waals surface area contributed by atoms with Gasteiger partial charge in [-0.1, -0.05) is 6.92 Å². The highest BCUT2D eigenvalue weighted by Gasteiger charge is 2.27. The fourth-order valence-electron chi connectivity index (χ4n) is 2.37. The number of H-pyrrole nitrogens is 1. The Morgan fingerprint density at radius 2 is 2.42 bits per heavy atom. The Kier molecular flexibility index (Phi) is 4.19. The van der Waals surface area contributed by atoms with Gasteiger partial charge in [0.25, 0.3) is 5.56 Å². The van der Waals surface area contributed by atoms with Gasteiger partial charge in [-0.2, -0.15) is 0 Å². The SMILES string of the molecule is CCc1nc(N2CCCC(C(=O)OC)C2)cc(=O)[nH]1. The van der Waals surface area contributed by atoms with E-state index in [4.69, 9.17) is 4.74 Å². The maximum atomic E-state index is 11.6. The fourth-order valence-corrected chi connectivity index (χ4v) is 2.37. The number of aromatic nitrogens is 2. The van der Waals surface area contributed by atoms with E-state index in [-0.39, 0.29) is 17.4 Å². The second kappa shape index (κ2) is 5.86. The number of hydrogen-bond donors (Lipinski definition) is 1. The standard InChI is InChI=1S/C13H19N3O3/c1-3-10-14-11(7-12(17)15-10)16-6-4-5-9(8-16)13(18)19-2/h7,9H,3-6,8H2,1-2H3,(H,14,15,17). The van der Waals surface area contributed by atoms with E-state index < -0.39 is 0 Å². The Bertz CT molecular complexity index is 512. The zero-order valence-electron chi connectivity index (χ0n) is 11.3. The average Bonchev–Trinajstić information content (AvgIpc) is 2.45. The minimum Gasteiger partial charge on any atom is -0.469 e. The van der Waals surface area contributed by atoms with Crippen LogP contribution in [0.25, 0.3) is 0 Å². The minimum absolute atomic E-state index is 0.134. The number of anilines is 1. The van der Waals surface area contributed by atoms with Gasteiger partial charge in [0.1, 0.15) is 11.6 Å². The minimum atomic E-state index is -0.190. The van der Waals surface area contributed by atoms with Crippen LogP contribution in [0.4, 0.5) is 5.82 Å². The first-order valence-corrected chi connectivity index (χ1v) is 6.57. The van der Waals surface area contributed by atoms with Crippen molar-refractivity contribution in [1.29, 1.82) is 0 Å². The molecule has 0 bridgehead atoms. The Labute approximate surface area is 111 Å². The Morgan fingerprint density at radius 3 is 3.11 bits per heavy atom. The van der Waals surface area contributed by atoms with Crippen LogP contribution in [0.1, 0.15) is 25.6 Å². The maximum Gasteiger partial charge on any atom is 0.310 e. The van der Waals surface area contributed by atoms with Crippen LogP contribution >= 0.6 is 0 Å². The predicted molar refractivity (Wildman–Crippen MR) is 71.2 cm³/mol. The third-order valence-electron chi connectivity index (χ3n) is 3.39. The topological polar surface area (TPSA) is 75.3 Å². The van der Waals surface area contributed by atoms with Crippen molar-refractivity contribution in [3.8, 4) is 0 Å². The van der Waals surface area contributed by atoms with Crippen LogP contribution in [0.2, 0.25) is 0 Å². The summed E-state index contributed by atoms with van der Waals surface area (Å²) in [5.41, 5.74) is -0.151. The number of carbonyl (C=O) groups excluding carboxylic acids is 1. The molecule has 1 aliphatic rings. The molecule has 1 fully saturated rings. The molecule has 1 aromatic rings. The lowest BCUT2D eigenvalue weighted by Gasteiger charge is -2.32. The first-order valence-electron chi connectivity index (χ1n) is 6.57. The number of rotatable bonds is 3. The monoisotopic (exact) mass is 265 g/mol. The second-order valence-corrected chi connectivity index (χ2v) is 4.71. The Morgan fingerprint density at radius 1 is 1.63 bits per heavy atom. The molecule has 1 saturated heterocycles. The number of nitrogens with one attached hydrogen (secondary N) is 1. The number of methoxy groups -OCH3 is 1. The molecule has 104 valence electrons. The van der Waals surface area contributed by atoms with E-state index in [0.29, 0.717) is 24.6 Å². The summed E-state index contributed by atoms with van der Waals surface area (Å²) >= 11 is 0. The van der Waals surface area contributed by atoms with Gasteiger partial charge < -0.3 is 14.6 Å². The number of esters is 1. The van der Waals surface area contributed by atoms with E-state index in [2.05, 4.69) is 9.97 Å². The summed E-state index contributed by atoms with van der Waals surface area (Å²) in [7, 11) is 1.40. The summed E-state index contributed by atoms with van der Waals surface area (Å²) in [6.07, 6.45) is 2.40. The van der Waals surface area contributed by atoms with Crippen LogP contribution in [0.3, 0.4) is 0 Å². The number of aryl methyl sites for hydroxylation is 1. The summed E-state index contributed by atoms with van der Waals surface area (Å²) in [5.74, 6) is 0.993. The van der Waals surface area contributed by atoms with E-state index in [9.17, 15) is 9.59 Å². The quantitative estimate of drug-likeness (QED) is 0.815. The number of carbonyl (C=O) groups is 1. The predicted octanol–water partition coefficient (Wildman–Crippen LogP) is 0.722. The first kappa shape index (κ1) is 13.6. The van der Waals surface area contributed by atoms with E-state index in [1.807, 2.05) is 11.8 Å². The molecule has 6 heteroatoms. The number of nitrogens with zero attached hydrogens (tertiary/aromatic N) is 2. The summed E-state index contributed by atoms with van der Waals surface area (Å²) in [6, 6.07) is 1.48. The van der Waals surface area contributed by atoms with Crippen molar-refractivity contribution >= 4 is 11.8 Å². The third kappa shape index (κ3) is 3.13. The van der Waals surface area contributed by atoms with E-state index in [1.165, 1.54) is 13.2 Å². The molecule has 0 aromatic carbocycles. The van der Waals surface area contributed by atoms with E-state index in [0.717, 1.165) is 19.4 Å². The molecule has 1 unspecified atom stereocenters. The Balaban J connectivity index is 2.19. The zero-order valence-corrected chi connectivity index (χ0v) is 11.3. The van der Waals surface area contributed by atoms with E-state index >= 15 is 0 Å². The number of piperidine rings is 1. The van der Waals surface area contributed by atoms with Crippen LogP contribution in [0.15, 0.2) is 10.9 Å². The van der Waals surface area contributed by atoms with Gasteiger partial charge in [-0.05, 0) is 12.8 Å². The van der Waals surface area contributed by atoms with Gasteiger partial charge in [0.05, 0.1) is 13.0 Å². The Hall–Kier alpha value is -1.85. The summed E-state index contributed by atoms with van der Waals surface area (Å²) in [6.45, 7) is 3.31. The van der Waals surface area contributed by atoms with Crippen molar-refractivity contribution in [2.75, 3.05) is 25.1 Å². The van der Waals surface area contributed by atoms with Crippen molar-refractivity contribution in [3.63, 3.8) is 0 Å². The van der Waals surface area contributed by atoms with Crippen molar-refractivity contribution in [2.45, 2.75) is 26.2 Å². The highest BCUT2D eigenvalue weighted by atomic mass is 16.5. The van der Waals surface area contributed by atoms with Gasteiger partial charge in [-0.25, -0.2) is 4.98 Å². The van der Waals surface area contributed by atoms with E-state index in [1.54, 1.807) is 0 Å². The van der Waals surface area contributed by atoms with Crippen molar-refractivity contribution < 1.29 is 9.53 Å². The van der Waals surface area contributed by atoms with Crippen LogP contribution < -0.4 is 10.5 Å². The molecule has 1 atom stereocenters. The van der Waals surface area contributed by atoms with Gasteiger partial charge in [-0.15, -0.1) is 0 Å². The lowest BCUT2D eigenvalue weighted by molar-refractivity contribution is -0.145. The molecule has 1 N–H and O–H groups in total. The normalized spacial score (nSPS) is 19.3. The highest BCUT2D eigenvalue weighted by Crippen LogP contribution is 2.21. The molecule has 2 heterocycles. The molecular formula is C13H19N3O3.